The quantitative estimate of drug-likeness (QED) is 0.498. The smallest absolute Gasteiger partial charge is 0.276 e. The minimum atomic E-state index is -0.381. The average Bonchev–Trinajstić information content (AvgIpc) is 3.18. The van der Waals surface area contributed by atoms with Gasteiger partial charge in [0.2, 0.25) is 0 Å². The van der Waals surface area contributed by atoms with Gasteiger partial charge in [-0.2, -0.15) is 10.2 Å². The van der Waals surface area contributed by atoms with E-state index in [1.807, 2.05) is 12.1 Å². The first-order valence-corrected chi connectivity index (χ1v) is 8.50. The molecule has 3 aromatic rings. The van der Waals surface area contributed by atoms with Crippen molar-refractivity contribution in [3.8, 4) is 10.6 Å². The predicted molar refractivity (Wildman–Crippen MR) is 96.1 cm³/mol. The maximum Gasteiger partial charge on any atom is 0.291 e. The fourth-order valence-electron chi connectivity index (χ4n) is 1.79. The molecule has 3 rings (SSSR count). The van der Waals surface area contributed by atoms with Crippen LogP contribution in [0.2, 0.25) is 5.02 Å². The standard InChI is InChI=1S/C15H10BrClN4OS/c16-14-6-5-13(23-14)11-7-12(20-19-11)15(22)21-18-8-9-1-3-10(17)4-2-9/h1-8H,(H,19,20)(H,21,22). The summed E-state index contributed by atoms with van der Waals surface area (Å²) in [4.78, 5) is 13.0. The fraction of sp³-hybridized carbons (Fsp3) is 0. The van der Waals surface area contributed by atoms with E-state index in [4.69, 9.17) is 11.6 Å². The van der Waals surface area contributed by atoms with Crippen LogP contribution < -0.4 is 5.43 Å². The largest absolute Gasteiger partial charge is 0.291 e. The fourth-order valence-corrected chi connectivity index (χ4v) is 3.27. The average molecular weight is 410 g/mol. The number of benzene rings is 1. The molecule has 23 heavy (non-hydrogen) atoms. The molecule has 1 amide bonds. The molecule has 0 atom stereocenters. The summed E-state index contributed by atoms with van der Waals surface area (Å²) in [5.74, 6) is -0.381. The summed E-state index contributed by atoms with van der Waals surface area (Å²) in [6.45, 7) is 0. The normalized spacial score (nSPS) is 11.0. The van der Waals surface area contributed by atoms with Gasteiger partial charge in [-0.1, -0.05) is 23.7 Å². The van der Waals surface area contributed by atoms with Crippen LogP contribution >= 0.6 is 38.9 Å². The third kappa shape index (κ3) is 4.07. The van der Waals surface area contributed by atoms with Gasteiger partial charge in [-0.15, -0.1) is 11.3 Å². The van der Waals surface area contributed by atoms with Crippen molar-refractivity contribution in [1.29, 1.82) is 0 Å². The van der Waals surface area contributed by atoms with Gasteiger partial charge in [0.15, 0.2) is 5.69 Å². The van der Waals surface area contributed by atoms with Gasteiger partial charge in [-0.3, -0.25) is 9.89 Å². The Balaban J connectivity index is 1.64. The van der Waals surface area contributed by atoms with Gasteiger partial charge in [-0.25, -0.2) is 5.43 Å². The molecule has 2 heterocycles. The highest BCUT2D eigenvalue weighted by Gasteiger charge is 2.11. The van der Waals surface area contributed by atoms with Crippen LogP contribution in [0.1, 0.15) is 16.1 Å². The monoisotopic (exact) mass is 408 g/mol. The summed E-state index contributed by atoms with van der Waals surface area (Å²) in [5.41, 5.74) is 4.34. The van der Waals surface area contributed by atoms with Gasteiger partial charge in [0, 0.05) is 5.02 Å². The zero-order valence-corrected chi connectivity index (χ0v) is 14.7. The molecule has 0 saturated carbocycles. The van der Waals surface area contributed by atoms with E-state index in [-0.39, 0.29) is 11.6 Å². The van der Waals surface area contributed by atoms with E-state index in [0.29, 0.717) is 5.02 Å². The Morgan fingerprint density at radius 2 is 2.09 bits per heavy atom. The van der Waals surface area contributed by atoms with Crippen LogP contribution in [-0.4, -0.2) is 22.3 Å². The van der Waals surface area contributed by atoms with Gasteiger partial charge in [0.1, 0.15) is 0 Å². The first kappa shape index (κ1) is 15.9. The number of rotatable bonds is 4. The van der Waals surface area contributed by atoms with E-state index in [2.05, 4.69) is 36.7 Å². The maximum absolute atomic E-state index is 12.0. The third-order valence-electron chi connectivity index (χ3n) is 2.90. The number of aromatic amines is 1. The molecular weight excluding hydrogens is 400 g/mol. The molecular formula is C15H10BrClN4OS. The van der Waals surface area contributed by atoms with E-state index in [1.165, 1.54) is 6.21 Å². The zero-order chi connectivity index (χ0) is 16.2. The number of thiophene rings is 1. The topological polar surface area (TPSA) is 70.1 Å². The first-order chi connectivity index (χ1) is 11.1. The number of aromatic nitrogens is 2. The van der Waals surface area contributed by atoms with Crippen molar-refractivity contribution in [3.63, 3.8) is 0 Å². The van der Waals surface area contributed by atoms with Gasteiger partial charge in [0.05, 0.1) is 20.6 Å². The molecule has 0 radical (unpaired) electrons. The molecule has 0 unspecified atom stereocenters. The SMILES string of the molecule is O=C(NN=Cc1ccc(Cl)cc1)c1cc(-c2ccc(Br)s2)[nH]n1. The van der Waals surface area contributed by atoms with Gasteiger partial charge in [0.25, 0.3) is 5.91 Å². The Hall–Kier alpha value is -1.96. The van der Waals surface area contributed by atoms with Crippen LogP contribution in [0.3, 0.4) is 0 Å². The number of carbonyl (C=O) groups is 1. The van der Waals surface area contributed by atoms with Crippen LogP contribution in [0.15, 0.2) is 51.4 Å². The molecule has 116 valence electrons. The van der Waals surface area contributed by atoms with Crippen LogP contribution in [0, 0.1) is 0 Å². The minimum Gasteiger partial charge on any atom is -0.276 e. The summed E-state index contributed by atoms with van der Waals surface area (Å²) in [6, 6.07) is 12.7. The number of hydrogen-bond acceptors (Lipinski definition) is 4. The lowest BCUT2D eigenvalue weighted by Crippen LogP contribution is -2.17. The van der Waals surface area contributed by atoms with Crippen molar-refractivity contribution in [1.82, 2.24) is 15.6 Å². The second-order valence-corrected chi connectivity index (χ2v) is 7.42. The number of nitrogens with zero attached hydrogens (tertiary/aromatic N) is 2. The molecule has 0 spiro atoms. The van der Waals surface area contributed by atoms with Crippen LogP contribution in [0.5, 0.6) is 0 Å². The molecule has 2 N–H and O–H groups in total. The Labute approximate surface area is 149 Å². The van der Waals surface area contributed by atoms with E-state index in [9.17, 15) is 4.79 Å². The van der Waals surface area contributed by atoms with E-state index in [1.54, 1.807) is 41.7 Å². The second-order valence-electron chi connectivity index (χ2n) is 4.52. The van der Waals surface area contributed by atoms with Crippen molar-refractivity contribution in [2.45, 2.75) is 0 Å². The number of hydrogen-bond donors (Lipinski definition) is 2. The third-order valence-corrected chi connectivity index (χ3v) is 4.81. The molecule has 2 aromatic heterocycles. The summed E-state index contributed by atoms with van der Waals surface area (Å²) in [6.07, 6.45) is 1.54. The van der Waals surface area contributed by atoms with Crippen molar-refractivity contribution < 1.29 is 4.79 Å². The predicted octanol–water partition coefficient (Wildman–Crippen LogP) is 4.32. The molecule has 0 aliphatic rings. The van der Waals surface area contributed by atoms with Crippen molar-refractivity contribution in [2.75, 3.05) is 0 Å². The summed E-state index contributed by atoms with van der Waals surface area (Å²) < 4.78 is 1.01. The van der Waals surface area contributed by atoms with Crippen LogP contribution in [0.4, 0.5) is 0 Å². The lowest BCUT2D eigenvalue weighted by atomic mass is 10.2. The number of H-pyrrole nitrogens is 1. The first-order valence-electron chi connectivity index (χ1n) is 6.52. The van der Waals surface area contributed by atoms with Gasteiger partial charge in [-0.05, 0) is 51.8 Å². The summed E-state index contributed by atoms with van der Waals surface area (Å²) in [5, 5.41) is 11.4. The zero-order valence-electron chi connectivity index (χ0n) is 11.6. The van der Waals surface area contributed by atoms with Crippen LogP contribution in [-0.2, 0) is 0 Å². The summed E-state index contributed by atoms with van der Waals surface area (Å²) in [7, 11) is 0. The second kappa shape index (κ2) is 7.08. The van der Waals surface area contributed by atoms with E-state index in [0.717, 1.165) is 19.9 Å². The molecule has 8 heteroatoms. The lowest BCUT2D eigenvalue weighted by molar-refractivity contribution is 0.0950. The van der Waals surface area contributed by atoms with Crippen molar-refractivity contribution in [2.24, 2.45) is 5.10 Å². The maximum atomic E-state index is 12.0. The molecule has 5 nitrogen and oxygen atoms in total. The minimum absolute atomic E-state index is 0.276. The van der Waals surface area contributed by atoms with Crippen LogP contribution in [0.25, 0.3) is 10.6 Å². The molecule has 0 bridgehead atoms. The molecule has 0 aliphatic carbocycles. The number of hydrazone groups is 1. The molecule has 0 saturated heterocycles. The molecule has 0 aliphatic heterocycles. The Kier molecular flexibility index (Phi) is 4.90. The molecule has 0 fully saturated rings. The molecule has 1 aromatic carbocycles. The highest BCUT2D eigenvalue weighted by atomic mass is 79.9. The number of amides is 1. The lowest BCUT2D eigenvalue weighted by Gasteiger charge is -1.95. The van der Waals surface area contributed by atoms with Gasteiger partial charge < -0.3 is 0 Å². The Morgan fingerprint density at radius 1 is 1.30 bits per heavy atom. The van der Waals surface area contributed by atoms with Gasteiger partial charge >= 0.3 is 0 Å². The number of carbonyl (C=O) groups excluding carboxylic acids is 1. The Morgan fingerprint density at radius 3 is 2.78 bits per heavy atom. The van der Waals surface area contributed by atoms with E-state index < -0.39 is 0 Å². The summed E-state index contributed by atoms with van der Waals surface area (Å²) >= 11 is 10.8. The highest BCUT2D eigenvalue weighted by molar-refractivity contribution is 9.11. The Bertz CT molecular complexity index is 857. The highest BCUT2D eigenvalue weighted by Crippen LogP contribution is 2.30. The van der Waals surface area contributed by atoms with Crippen molar-refractivity contribution in [3.05, 3.63) is 62.5 Å². The van der Waals surface area contributed by atoms with E-state index >= 15 is 0 Å². The van der Waals surface area contributed by atoms with Crippen molar-refractivity contribution >= 4 is 51.0 Å². The number of nitrogens with one attached hydrogen (secondary N) is 2. The number of halogens is 2.